The summed E-state index contributed by atoms with van der Waals surface area (Å²) < 4.78 is 34.0. The Kier molecular flexibility index (Phi) is 7.15. The second kappa shape index (κ2) is 10.4. The third-order valence-corrected chi connectivity index (χ3v) is 7.28. The Morgan fingerprint density at radius 1 is 1.00 bits per heavy atom. The molecule has 4 atom stereocenters. The summed E-state index contributed by atoms with van der Waals surface area (Å²) in [6, 6.07) is 19.7. The van der Waals surface area contributed by atoms with Crippen LogP contribution >= 0.6 is 0 Å². The molecule has 0 amide bonds. The molecule has 0 spiro atoms. The maximum atomic E-state index is 13.2. The number of hydrogen-bond acceptors (Lipinski definition) is 7. The van der Waals surface area contributed by atoms with Crippen LogP contribution in [0.3, 0.4) is 0 Å². The standard InChI is InChI=1S/C28H32N2O7/c1-20-16-30(26(32)29(2)24(20)31)25-28(33-3)27(14-15-35-28,36-18-22-12-8-5-9-13-22)23(37-25)19-34-17-21-10-6-4-7-11-21/h4-13,16,23,25H,14-15,17-19H2,1-3H3/t23-,25?,27-,28-/m1/s1. The van der Waals surface area contributed by atoms with Crippen LogP contribution in [0.2, 0.25) is 0 Å². The largest absolute Gasteiger partial charge is 0.374 e. The predicted octanol–water partition coefficient (Wildman–Crippen LogP) is 2.69. The summed E-state index contributed by atoms with van der Waals surface area (Å²) in [4.78, 5) is 25.6. The van der Waals surface area contributed by atoms with Crippen molar-refractivity contribution in [2.24, 2.45) is 7.05 Å². The summed E-state index contributed by atoms with van der Waals surface area (Å²) in [5, 5.41) is 0. The molecular weight excluding hydrogens is 476 g/mol. The zero-order valence-electron chi connectivity index (χ0n) is 21.3. The Balaban J connectivity index is 1.53. The molecule has 3 aromatic rings. The first-order valence-electron chi connectivity index (χ1n) is 12.3. The minimum Gasteiger partial charge on any atom is -0.374 e. The van der Waals surface area contributed by atoms with Crippen LogP contribution in [0, 0.1) is 6.92 Å². The van der Waals surface area contributed by atoms with Crippen molar-refractivity contribution >= 4 is 0 Å². The van der Waals surface area contributed by atoms with Gasteiger partial charge in [-0.05, 0) is 18.1 Å². The van der Waals surface area contributed by atoms with E-state index in [4.69, 9.17) is 23.7 Å². The van der Waals surface area contributed by atoms with E-state index in [0.29, 0.717) is 31.8 Å². The van der Waals surface area contributed by atoms with Crippen molar-refractivity contribution in [1.29, 1.82) is 0 Å². The number of rotatable bonds is 9. The molecule has 5 rings (SSSR count). The van der Waals surface area contributed by atoms with Crippen molar-refractivity contribution < 1.29 is 23.7 Å². The van der Waals surface area contributed by atoms with Crippen molar-refractivity contribution in [3.05, 3.63) is 104 Å². The second-order valence-corrected chi connectivity index (χ2v) is 9.48. The van der Waals surface area contributed by atoms with E-state index < -0.39 is 29.4 Å². The van der Waals surface area contributed by atoms with Crippen LogP contribution in [0.15, 0.2) is 76.4 Å². The molecule has 0 N–H and O–H groups in total. The summed E-state index contributed by atoms with van der Waals surface area (Å²) >= 11 is 0. The van der Waals surface area contributed by atoms with E-state index in [1.54, 1.807) is 6.92 Å². The third kappa shape index (κ3) is 4.36. The lowest BCUT2D eigenvalue weighted by atomic mass is 9.87. The summed E-state index contributed by atoms with van der Waals surface area (Å²) in [5.74, 6) is -1.43. The number of fused-ring (bicyclic) bond motifs is 1. The fourth-order valence-corrected chi connectivity index (χ4v) is 5.35. The van der Waals surface area contributed by atoms with Gasteiger partial charge in [0.25, 0.3) is 5.56 Å². The fraction of sp³-hybridized carbons (Fsp3) is 0.429. The first-order valence-corrected chi connectivity index (χ1v) is 12.3. The van der Waals surface area contributed by atoms with Gasteiger partial charge in [0.15, 0.2) is 11.8 Å². The van der Waals surface area contributed by atoms with Gasteiger partial charge in [0.05, 0.1) is 26.4 Å². The highest BCUT2D eigenvalue weighted by Gasteiger charge is 2.73. The maximum Gasteiger partial charge on any atom is 0.333 e. The molecule has 2 aliphatic heterocycles. The zero-order valence-corrected chi connectivity index (χ0v) is 21.3. The van der Waals surface area contributed by atoms with Crippen molar-refractivity contribution in [2.75, 3.05) is 20.3 Å². The van der Waals surface area contributed by atoms with Gasteiger partial charge in [-0.1, -0.05) is 60.7 Å². The number of methoxy groups -OCH3 is 1. The van der Waals surface area contributed by atoms with Gasteiger partial charge >= 0.3 is 5.69 Å². The van der Waals surface area contributed by atoms with Gasteiger partial charge in [-0.2, -0.15) is 0 Å². The molecule has 0 bridgehead atoms. The van der Waals surface area contributed by atoms with Crippen LogP contribution in [0.25, 0.3) is 0 Å². The molecule has 0 aliphatic carbocycles. The number of ether oxygens (including phenoxy) is 5. The SMILES string of the molecule is CO[C@]12OCC[C@@]1(OCc1ccccc1)[C@@H](COCc1ccccc1)OC2n1cc(C)c(=O)n(C)c1=O. The lowest BCUT2D eigenvalue weighted by Crippen LogP contribution is -2.59. The minimum atomic E-state index is -1.43. The first-order chi connectivity index (χ1) is 17.9. The Bertz CT molecular complexity index is 1340. The summed E-state index contributed by atoms with van der Waals surface area (Å²) in [7, 11) is 2.97. The van der Waals surface area contributed by atoms with Gasteiger partial charge in [0.2, 0.25) is 5.79 Å². The summed E-state index contributed by atoms with van der Waals surface area (Å²) in [6.45, 7) is 2.87. The lowest BCUT2D eigenvalue weighted by molar-refractivity contribution is -0.296. The van der Waals surface area contributed by atoms with Crippen molar-refractivity contribution in [3.63, 3.8) is 0 Å². The zero-order chi connectivity index (χ0) is 26.0. The number of nitrogens with zero attached hydrogens (tertiary/aromatic N) is 2. The topological polar surface area (TPSA) is 90.2 Å². The van der Waals surface area contributed by atoms with Gasteiger partial charge in [-0.3, -0.25) is 13.9 Å². The molecule has 3 heterocycles. The molecule has 2 saturated heterocycles. The molecular formula is C28H32N2O7. The smallest absolute Gasteiger partial charge is 0.333 e. The average molecular weight is 509 g/mol. The van der Waals surface area contributed by atoms with Gasteiger partial charge in [0.1, 0.15) is 6.10 Å². The van der Waals surface area contributed by atoms with Crippen LogP contribution in [0.5, 0.6) is 0 Å². The van der Waals surface area contributed by atoms with Crippen LogP contribution in [0.1, 0.15) is 29.3 Å². The lowest BCUT2D eigenvalue weighted by Gasteiger charge is -2.40. The van der Waals surface area contributed by atoms with Crippen molar-refractivity contribution in [1.82, 2.24) is 9.13 Å². The van der Waals surface area contributed by atoms with Crippen molar-refractivity contribution in [2.45, 2.75) is 50.3 Å². The molecule has 0 saturated carbocycles. The van der Waals surface area contributed by atoms with Crippen LogP contribution in [-0.4, -0.2) is 46.9 Å². The summed E-state index contributed by atoms with van der Waals surface area (Å²) in [5.41, 5.74) is 0.441. The van der Waals surface area contributed by atoms with E-state index in [1.165, 1.54) is 24.9 Å². The van der Waals surface area contributed by atoms with Gasteiger partial charge in [-0.15, -0.1) is 0 Å². The van der Waals surface area contributed by atoms with E-state index in [2.05, 4.69) is 0 Å². The average Bonchev–Trinajstić information content (AvgIpc) is 3.43. The van der Waals surface area contributed by atoms with E-state index in [1.807, 2.05) is 60.7 Å². The molecule has 9 heteroatoms. The highest BCUT2D eigenvalue weighted by Crippen LogP contribution is 2.56. The highest BCUT2D eigenvalue weighted by atomic mass is 16.8. The van der Waals surface area contributed by atoms with E-state index >= 15 is 0 Å². The summed E-state index contributed by atoms with van der Waals surface area (Å²) in [6.07, 6.45) is 0.353. The Morgan fingerprint density at radius 2 is 1.65 bits per heavy atom. The molecule has 196 valence electrons. The van der Waals surface area contributed by atoms with Crippen molar-refractivity contribution in [3.8, 4) is 0 Å². The van der Waals surface area contributed by atoms with Gasteiger partial charge in [0, 0.05) is 32.3 Å². The van der Waals surface area contributed by atoms with E-state index in [9.17, 15) is 9.59 Å². The van der Waals surface area contributed by atoms with E-state index in [-0.39, 0.29) is 12.2 Å². The van der Waals surface area contributed by atoms with E-state index in [0.717, 1.165) is 15.7 Å². The molecule has 2 aliphatic rings. The second-order valence-electron chi connectivity index (χ2n) is 9.48. The molecule has 2 aromatic carbocycles. The molecule has 0 radical (unpaired) electrons. The van der Waals surface area contributed by atoms with Crippen LogP contribution in [-0.2, 0) is 43.9 Å². The first kappa shape index (κ1) is 25.6. The van der Waals surface area contributed by atoms with Gasteiger partial charge in [-0.25, -0.2) is 4.79 Å². The maximum absolute atomic E-state index is 13.2. The molecule has 1 unspecified atom stereocenters. The molecule has 9 nitrogen and oxygen atoms in total. The van der Waals surface area contributed by atoms with Gasteiger partial charge < -0.3 is 23.7 Å². The monoisotopic (exact) mass is 508 g/mol. The molecule has 1 aromatic heterocycles. The third-order valence-electron chi connectivity index (χ3n) is 7.28. The number of benzene rings is 2. The Morgan fingerprint density at radius 3 is 2.30 bits per heavy atom. The Hall–Kier alpha value is -3.08. The normalized spacial score (nSPS) is 26.9. The number of aromatic nitrogens is 2. The minimum absolute atomic E-state index is 0.189. The fourth-order valence-electron chi connectivity index (χ4n) is 5.35. The number of hydrogen-bond donors (Lipinski definition) is 0. The van der Waals surface area contributed by atoms with Crippen LogP contribution in [0.4, 0.5) is 0 Å². The Labute approximate surface area is 215 Å². The number of aryl methyl sites for hydroxylation is 1. The van der Waals surface area contributed by atoms with Crippen LogP contribution < -0.4 is 11.2 Å². The molecule has 37 heavy (non-hydrogen) atoms. The highest BCUT2D eigenvalue weighted by molar-refractivity contribution is 5.18. The molecule has 2 fully saturated rings. The quantitative estimate of drug-likeness (QED) is 0.439. The predicted molar refractivity (Wildman–Crippen MR) is 135 cm³/mol.